The van der Waals surface area contributed by atoms with Gasteiger partial charge in [0.15, 0.2) is 5.82 Å². The van der Waals surface area contributed by atoms with Crippen LogP contribution in [0.3, 0.4) is 0 Å². The van der Waals surface area contributed by atoms with Crippen LogP contribution in [-0.4, -0.2) is 15.2 Å². The molecule has 0 radical (unpaired) electrons. The van der Waals surface area contributed by atoms with E-state index in [-0.39, 0.29) is 0 Å². The number of nitrogens with one attached hydrogen (secondary N) is 1. The van der Waals surface area contributed by atoms with E-state index in [1.165, 1.54) is 5.56 Å². The third-order valence-electron chi connectivity index (χ3n) is 2.67. The molecule has 0 unspecified atom stereocenters. The zero-order valence-corrected chi connectivity index (χ0v) is 9.17. The lowest BCUT2D eigenvalue weighted by molar-refractivity contribution is 1.10. The first kappa shape index (κ1) is 9.78. The van der Waals surface area contributed by atoms with E-state index >= 15 is 0 Å². The molecule has 0 saturated heterocycles. The van der Waals surface area contributed by atoms with Gasteiger partial charge in [0.25, 0.3) is 0 Å². The fourth-order valence-electron chi connectivity index (χ4n) is 1.89. The molecule has 3 rings (SSSR count). The molecule has 1 aromatic heterocycles. The minimum absolute atomic E-state index is 0.726. The normalized spacial score (nSPS) is 10.4. The highest BCUT2D eigenvalue weighted by Crippen LogP contribution is 2.29. The smallest absolute Gasteiger partial charge is 0.181 e. The highest BCUT2D eigenvalue weighted by atomic mass is 15.2. The van der Waals surface area contributed by atoms with Crippen LogP contribution in [0.4, 0.5) is 0 Å². The second-order valence-corrected chi connectivity index (χ2v) is 3.73. The standard InChI is InChI=1S/C14H11N3/c1-2-6-11(7-3-1)12-8-4-5-9-13(12)14-15-10-16-17-14/h1-10H,(H,15,16,17). The molecule has 0 aliphatic carbocycles. The van der Waals surface area contributed by atoms with Crippen molar-refractivity contribution in [2.75, 3.05) is 0 Å². The summed E-state index contributed by atoms with van der Waals surface area (Å²) in [5.41, 5.74) is 3.36. The number of rotatable bonds is 2. The average molecular weight is 221 g/mol. The number of H-pyrrole nitrogens is 1. The van der Waals surface area contributed by atoms with Crippen LogP contribution in [0.15, 0.2) is 60.9 Å². The molecule has 3 nitrogen and oxygen atoms in total. The minimum Gasteiger partial charge on any atom is -0.265 e. The summed E-state index contributed by atoms with van der Waals surface area (Å²) in [5.74, 6) is 0.726. The lowest BCUT2D eigenvalue weighted by Gasteiger charge is -2.06. The minimum atomic E-state index is 0.726. The molecule has 1 N–H and O–H groups in total. The Balaban J connectivity index is 2.18. The number of nitrogens with zero attached hydrogens (tertiary/aromatic N) is 2. The first-order valence-electron chi connectivity index (χ1n) is 5.46. The fraction of sp³-hybridized carbons (Fsp3) is 0. The van der Waals surface area contributed by atoms with Gasteiger partial charge < -0.3 is 0 Å². The highest BCUT2D eigenvalue weighted by Gasteiger charge is 2.08. The van der Waals surface area contributed by atoms with Crippen LogP contribution in [0.25, 0.3) is 22.5 Å². The summed E-state index contributed by atoms with van der Waals surface area (Å²) in [6.07, 6.45) is 1.59. The van der Waals surface area contributed by atoms with Crippen molar-refractivity contribution in [3.05, 3.63) is 60.9 Å². The molecule has 1 heterocycles. The van der Waals surface area contributed by atoms with Gasteiger partial charge in [-0.15, -0.1) is 0 Å². The van der Waals surface area contributed by atoms with Crippen molar-refractivity contribution in [3.63, 3.8) is 0 Å². The Morgan fingerprint density at radius 3 is 2.18 bits per heavy atom. The number of benzene rings is 2. The van der Waals surface area contributed by atoms with Gasteiger partial charge in [-0.3, -0.25) is 5.10 Å². The van der Waals surface area contributed by atoms with Gasteiger partial charge in [-0.2, -0.15) is 5.10 Å². The Labute approximate surface area is 99.2 Å². The highest BCUT2D eigenvalue weighted by molar-refractivity contribution is 5.80. The van der Waals surface area contributed by atoms with Crippen molar-refractivity contribution in [1.29, 1.82) is 0 Å². The quantitative estimate of drug-likeness (QED) is 0.722. The number of aromatic nitrogens is 3. The molecule has 82 valence electrons. The maximum absolute atomic E-state index is 4.21. The van der Waals surface area contributed by atoms with Crippen molar-refractivity contribution in [3.8, 4) is 22.5 Å². The molecule has 0 spiro atoms. The topological polar surface area (TPSA) is 41.6 Å². The summed E-state index contributed by atoms with van der Waals surface area (Å²) >= 11 is 0. The maximum atomic E-state index is 4.21. The summed E-state index contributed by atoms with van der Waals surface area (Å²) < 4.78 is 0. The average Bonchev–Trinajstić information content (AvgIpc) is 2.94. The van der Waals surface area contributed by atoms with E-state index in [1.54, 1.807) is 6.33 Å². The maximum Gasteiger partial charge on any atom is 0.181 e. The largest absolute Gasteiger partial charge is 0.265 e. The van der Waals surface area contributed by atoms with E-state index in [0.717, 1.165) is 17.0 Å². The van der Waals surface area contributed by atoms with Gasteiger partial charge >= 0.3 is 0 Å². The van der Waals surface area contributed by atoms with Crippen molar-refractivity contribution in [2.45, 2.75) is 0 Å². The third kappa shape index (κ3) is 1.83. The van der Waals surface area contributed by atoms with E-state index in [9.17, 15) is 0 Å². The van der Waals surface area contributed by atoms with E-state index in [0.29, 0.717) is 0 Å². The fourth-order valence-corrected chi connectivity index (χ4v) is 1.89. The monoisotopic (exact) mass is 221 g/mol. The van der Waals surface area contributed by atoms with Crippen molar-refractivity contribution in [1.82, 2.24) is 15.2 Å². The van der Waals surface area contributed by atoms with E-state index in [4.69, 9.17) is 0 Å². The van der Waals surface area contributed by atoms with Crippen molar-refractivity contribution < 1.29 is 0 Å². The molecule has 0 atom stereocenters. The van der Waals surface area contributed by atoms with E-state index in [2.05, 4.69) is 33.4 Å². The van der Waals surface area contributed by atoms with Gasteiger partial charge in [0.2, 0.25) is 0 Å². The van der Waals surface area contributed by atoms with Crippen LogP contribution in [0.1, 0.15) is 0 Å². The van der Waals surface area contributed by atoms with Crippen LogP contribution < -0.4 is 0 Å². The summed E-state index contributed by atoms with van der Waals surface area (Å²) in [4.78, 5) is 4.21. The van der Waals surface area contributed by atoms with Gasteiger partial charge in [-0.05, 0) is 11.1 Å². The molecular weight excluding hydrogens is 210 g/mol. The van der Waals surface area contributed by atoms with Crippen LogP contribution in [-0.2, 0) is 0 Å². The Morgan fingerprint density at radius 1 is 0.765 bits per heavy atom. The first-order chi connectivity index (χ1) is 8.45. The third-order valence-corrected chi connectivity index (χ3v) is 2.67. The molecule has 17 heavy (non-hydrogen) atoms. The molecule has 0 bridgehead atoms. The summed E-state index contributed by atoms with van der Waals surface area (Å²) in [7, 11) is 0. The molecule has 3 heteroatoms. The second kappa shape index (κ2) is 4.22. The lowest BCUT2D eigenvalue weighted by Crippen LogP contribution is -1.86. The molecule has 0 aliphatic heterocycles. The second-order valence-electron chi connectivity index (χ2n) is 3.73. The lowest BCUT2D eigenvalue weighted by atomic mass is 9.99. The summed E-state index contributed by atoms with van der Waals surface area (Å²) in [6.45, 7) is 0. The van der Waals surface area contributed by atoms with Gasteiger partial charge in [-0.1, -0.05) is 54.6 Å². The van der Waals surface area contributed by atoms with Crippen LogP contribution >= 0.6 is 0 Å². The zero-order valence-electron chi connectivity index (χ0n) is 9.17. The van der Waals surface area contributed by atoms with Gasteiger partial charge in [-0.25, -0.2) is 4.98 Å². The Hall–Kier alpha value is -2.42. The van der Waals surface area contributed by atoms with E-state index < -0.39 is 0 Å². The molecule has 2 aromatic carbocycles. The Morgan fingerprint density at radius 2 is 1.47 bits per heavy atom. The predicted molar refractivity (Wildman–Crippen MR) is 67.3 cm³/mol. The van der Waals surface area contributed by atoms with Gasteiger partial charge in [0, 0.05) is 5.56 Å². The molecule has 0 amide bonds. The van der Waals surface area contributed by atoms with Gasteiger partial charge in [0.05, 0.1) is 0 Å². The molecule has 0 saturated carbocycles. The van der Waals surface area contributed by atoms with E-state index in [1.807, 2.05) is 36.4 Å². The van der Waals surface area contributed by atoms with Crippen LogP contribution in [0.2, 0.25) is 0 Å². The Kier molecular flexibility index (Phi) is 2.43. The molecular formula is C14H11N3. The Bertz CT molecular complexity index is 600. The van der Waals surface area contributed by atoms with Crippen LogP contribution in [0.5, 0.6) is 0 Å². The molecule has 0 aliphatic rings. The SMILES string of the molecule is c1ccc(-c2ccccc2-c2nc[nH]n2)cc1. The van der Waals surface area contributed by atoms with Crippen molar-refractivity contribution in [2.24, 2.45) is 0 Å². The zero-order chi connectivity index (χ0) is 11.5. The summed E-state index contributed by atoms with van der Waals surface area (Å²) in [5, 5.41) is 6.88. The number of hydrogen-bond acceptors (Lipinski definition) is 2. The number of aromatic amines is 1. The molecule has 0 fully saturated rings. The number of hydrogen-bond donors (Lipinski definition) is 1. The van der Waals surface area contributed by atoms with Crippen molar-refractivity contribution >= 4 is 0 Å². The summed E-state index contributed by atoms with van der Waals surface area (Å²) in [6, 6.07) is 18.4. The molecule has 3 aromatic rings. The van der Waals surface area contributed by atoms with Gasteiger partial charge in [0.1, 0.15) is 6.33 Å². The predicted octanol–water partition coefficient (Wildman–Crippen LogP) is 3.14. The first-order valence-corrected chi connectivity index (χ1v) is 5.46. The van der Waals surface area contributed by atoms with Crippen LogP contribution in [0, 0.1) is 0 Å².